The minimum absolute atomic E-state index is 0.276. The highest BCUT2D eigenvalue weighted by atomic mass is 35.5. The van der Waals surface area contributed by atoms with Gasteiger partial charge < -0.3 is 4.74 Å². The zero-order valence-corrected chi connectivity index (χ0v) is 14.6. The lowest BCUT2D eigenvalue weighted by atomic mass is 9.78. The van der Waals surface area contributed by atoms with E-state index in [0.717, 1.165) is 11.1 Å². The first kappa shape index (κ1) is 17.0. The van der Waals surface area contributed by atoms with Crippen LogP contribution in [-0.4, -0.2) is 7.11 Å². The highest BCUT2D eigenvalue weighted by molar-refractivity contribution is 6.25. The molecular weight excluding hydrogens is 323 g/mol. The molecule has 24 heavy (non-hydrogen) atoms. The summed E-state index contributed by atoms with van der Waals surface area (Å²) in [5, 5.41) is 0. The van der Waals surface area contributed by atoms with Gasteiger partial charge in [-0.25, -0.2) is 4.39 Å². The summed E-state index contributed by atoms with van der Waals surface area (Å²) in [4.78, 5) is 0. The number of benzene rings is 2. The van der Waals surface area contributed by atoms with E-state index in [0.29, 0.717) is 11.8 Å². The molecule has 1 saturated carbocycles. The SMILES string of the molecule is COc1ccc(-c2ccc([C@H]3CC[C@H](/C=C/Cl)CC3)cc2)cc1F. The molecule has 0 spiro atoms. The first-order valence-corrected chi connectivity index (χ1v) is 8.85. The summed E-state index contributed by atoms with van der Waals surface area (Å²) >= 11 is 5.68. The van der Waals surface area contributed by atoms with Crippen LogP contribution in [0.5, 0.6) is 5.75 Å². The normalized spacial score (nSPS) is 21.1. The van der Waals surface area contributed by atoms with Crippen molar-refractivity contribution in [1.29, 1.82) is 0 Å². The monoisotopic (exact) mass is 344 g/mol. The molecule has 0 bridgehead atoms. The quantitative estimate of drug-likeness (QED) is 0.612. The van der Waals surface area contributed by atoms with E-state index in [2.05, 4.69) is 30.3 Å². The molecule has 2 aromatic rings. The molecule has 0 unspecified atom stereocenters. The molecule has 0 N–H and O–H groups in total. The molecule has 3 heteroatoms. The van der Waals surface area contributed by atoms with Crippen molar-refractivity contribution in [3.05, 3.63) is 65.5 Å². The maximum absolute atomic E-state index is 13.9. The summed E-state index contributed by atoms with van der Waals surface area (Å²) in [7, 11) is 1.48. The zero-order chi connectivity index (χ0) is 16.9. The van der Waals surface area contributed by atoms with Crippen LogP contribution in [0.2, 0.25) is 0 Å². The second-order valence-corrected chi connectivity index (χ2v) is 6.65. The van der Waals surface area contributed by atoms with Gasteiger partial charge in [-0.05, 0) is 66.3 Å². The summed E-state index contributed by atoms with van der Waals surface area (Å²) in [5.41, 5.74) is 4.92. The highest BCUT2D eigenvalue weighted by Crippen LogP contribution is 2.37. The van der Waals surface area contributed by atoms with Crippen molar-refractivity contribution < 1.29 is 9.13 Å². The van der Waals surface area contributed by atoms with Crippen molar-refractivity contribution in [3.63, 3.8) is 0 Å². The summed E-state index contributed by atoms with van der Waals surface area (Å²) in [6, 6.07) is 13.6. The molecule has 1 aliphatic rings. The third-order valence-electron chi connectivity index (χ3n) is 4.98. The van der Waals surface area contributed by atoms with Crippen LogP contribution in [0.25, 0.3) is 11.1 Å². The Labute approximate surface area is 148 Å². The van der Waals surface area contributed by atoms with Gasteiger partial charge in [0, 0.05) is 5.54 Å². The number of methoxy groups -OCH3 is 1. The van der Waals surface area contributed by atoms with E-state index < -0.39 is 0 Å². The van der Waals surface area contributed by atoms with E-state index in [-0.39, 0.29) is 11.6 Å². The molecule has 0 saturated heterocycles. The molecule has 0 atom stereocenters. The summed E-state index contributed by atoms with van der Waals surface area (Å²) in [6.07, 6.45) is 6.89. The third kappa shape index (κ3) is 3.81. The fourth-order valence-electron chi connectivity index (χ4n) is 3.54. The van der Waals surface area contributed by atoms with Crippen LogP contribution in [0, 0.1) is 11.7 Å². The largest absolute Gasteiger partial charge is 0.494 e. The van der Waals surface area contributed by atoms with E-state index in [1.165, 1.54) is 44.4 Å². The number of halogens is 2. The van der Waals surface area contributed by atoms with E-state index in [4.69, 9.17) is 16.3 Å². The van der Waals surface area contributed by atoms with Gasteiger partial charge in [-0.3, -0.25) is 0 Å². The Bertz CT molecular complexity index is 700. The van der Waals surface area contributed by atoms with Crippen LogP contribution in [0.3, 0.4) is 0 Å². The minimum Gasteiger partial charge on any atom is -0.494 e. The van der Waals surface area contributed by atoms with Crippen molar-refractivity contribution >= 4 is 11.6 Å². The lowest BCUT2D eigenvalue weighted by molar-refractivity contribution is 0.376. The molecule has 1 aliphatic carbocycles. The number of allylic oxidation sites excluding steroid dienone is 1. The van der Waals surface area contributed by atoms with Crippen molar-refractivity contribution in [1.82, 2.24) is 0 Å². The standard InChI is InChI=1S/C21H22ClFO/c1-24-21-11-10-19(14-20(21)23)18-8-6-17(7-9-18)16-4-2-15(3-5-16)12-13-22/h6-16H,2-5H2,1H3/b13-12+/t15-,16-. The molecule has 2 aromatic carbocycles. The maximum Gasteiger partial charge on any atom is 0.165 e. The highest BCUT2D eigenvalue weighted by Gasteiger charge is 2.20. The summed E-state index contributed by atoms with van der Waals surface area (Å²) in [5.74, 6) is 1.19. The molecule has 0 aromatic heterocycles. The lowest BCUT2D eigenvalue weighted by Crippen LogP contribution is -2.11. The second kappa shape index (κ2) is 7.85. The number of hydrogen-bond acceptors (Lipinski definition) is 1. The Kier molecular flexibility index (Phi) is 5.57. The van der Waals surface area contributed by atoms with Crippen molar-refractivity contribution in [2.24, 2.45) is 5.92 Å². The average Bonchev–Trinajstić information content (AvgIpc) is 2.63. The lowest BCUT2D eigenvalue weighted by Gasteiger charge is -2.27. The zero-order valence-electron chi connectivity index (χ0n) is 13.8. The Morgan fingerprint density at radius 3 is 2.25 bits per heavy atom. The molecule has 3 rings (SSSR count). The predicted octanol–water partition coefficient (Wildman–Crippen LogP) is 6.53. The molecular formula is C21H22ClFO. The van der Waals surface area contributed by atoms with Gasteiger partial charge in [0.15, 0.2) is 11.6 Å². The van der Waals surface area contributed by atoms with Gasteiger partial charge in [0.1, 0.15) is 0 Å². The Hall–Kier alpha value is -1.80. The topological polar surface area (TPSA) is 9.23 Å². The smallest absolute Gasteiger partial charge is 0.165 e. The van der Waals surface area contributed by atoms with Gasteiger partial charge in [0.2, 0.25) is 0 Å². The predicted molar refractivity (Wildman–Crippen MR) is 98.1 cm³/mol. The molecule has 0 aliphatic heterocycles. The number of ether oxygens (including phenoxy) is 1. The van der Waals surface area contributed by atoms with Crippen molar-refractivity contribution in [3.8, 4) is 16.9 Å². The van der Waals surface area contributed by atoms with Crippen LogP contribution >= 0.6 is 11.6 Å². The van der Waals surface area contributed by atoms with Gasteiger partial charge in [0.05, 0.1) is 7.11 Å². The third-order valence-corrected chi connectivity index (χ3v) is 5.13. The van der Waals surface area contributed by atoms with Gasteiger partial charge >= 0.3 is 0 Å². The van der Waals surface area contributed by atoms with E-state index in [1.54, 1.807) is 11.6 Å². The molecule has 0 radical (unpaired) electrons. The minimum atomic E-state index is -0.329. The fraction of sp³-hybridized carbons (Fsp3) is 0.333. The van der Waals surface area contributed by atoms with Gasteiger partial charge in [0.25, 0.3) is 0 Å². The van der Waals surface area contributed by atoms with E-state index in [1.807, 2.05) is 6.07 Å². The Morgan fingerprint density at radius 2 is 1.67 bits per heavy atom. The average molecular weight is 345 g/mol. The van der Waals surface area contributed by atoms with Crippen LogP contribution < -0.4 is 4.74 Å². The van der Waals surface area contributed by atoms with Gasteiger partial charge in [-0.1, -0.05) is 48.0 Å². The molecule has 1 nitrogen and oxygen atoms in total. The summed E-state index contributed by atoms with van der Waals surface area (Å²) in [6.45, 7) is 0. The summed E-state index contributed by atoms with van der Waals surface area (Å²) < 4.78 is 18.8. The van der Waals surface area contributed by atoms with Crippen LogP contribution in [0.1, 0.15) is 37.2 Å². The van der Waals surface area contributed by atoms with Gasteiger partial charge in [-0.15, -0.1) is 0 Å². The fourth-order valence-corrected chi connectivity index (χ4v) is 3.75. The first-order valence-electron chi connectivity index (χ1n) is 8.42. The van der Waals surface area contributed by atoms with Crippen molar-refractivity contribution in [2.75, 3.05) is 7.11 Å². The maximum atomic E-state index is 13.9. The van der Waals surface area contributed by atoms with E-state index in [9.17, 15) is 4.39 Å². The van der Waals surface area contributed by atoms with Gasteiger partial charge in [-0.2, -0.15) is 0 Å². The molecule has 0 heterocycles. The van der Waals surface area contributed by atoms with Crippen LogP contribution in [0.15, 0.2) is 54.1 Å². The van der Waals surface area contributed by atoms with Crippen LogP contribution in [-0.2, 0) is 0 Å². The molecule has 1 fully saturated rings. The Balaban J connectivity index is 1.71. The van der Waals surface area contributed by atoms with Crippen LogP contribution in [0.4, 0.5) is 4.39 Å². The second-order valence-electron chi connectivity index (χ2n) is 6.40. The molecule has 126 valence electrons. The number of rotatable bonds is 4. The van der Waals surface area contributed by atoms with E-state index >= 15 is 0 Å². The number of hydrogen-bond donors (Lipinski definition) is 0. The van der Waals surface area contributed by atoms with Crippen molar-refractivity contribution in [2.45, 2.75) is 31.6 Å². The molecule has 0 amide bonds. The first-order chi connectivity index (χ1) is 11.7. The Morgan fingerprint density at radius 1 is 1.00 bits per heavy atom.